The second-order valence-electron chi connectivity index (χ2n) is 7.34. The summed E-state index contributed by atoms with van der Waals surface area (Å²) in [5, 5.41) is 4.78. The number of nitrogens with one attached hydrogen (secondary N) is 2. The van der Waals surface area contributed by atoms with Crippen molar-refractivity contribution >= 4 is 0 Å². The summed E-state index contributed by atoms with van der Waals surface area (Å²) in [5.74, 6) is -0.226. The van der Waals surface area contributed by atoms with Crippen LogP contribution in [0.3, 0.4) is 0 Å². The normalized spacial score (nSPS) is 18.0. The first-order valence-electron chi connectivity index (χ1n) is 9.79. The Morgan fingerprint density at radius 3 is 2.62 bits per heavy atom. The Balaban J connectivity index is 1.43. The van der Waals surface area contributed by atoms with Crippen LogP contribution >= 0.6 is 0 Å². The highest BCUT2D eigenvalue weighted by molar-refractivity contribution is 5.39. The minimum atomic E-state index is -0.226. The predicted molar refractivity (Wildman–Crippen MR) is 98.1 cm³/mol. The first kappa shape index (κ1) is 17.6. The number of rotatable bonds is 6. The van der Waals surface area contributed by atoms with Crippen molar-refractivity contribution in [3.8, 4) is 5.69 Å². The lowest BCUT2D eigenvalue weighted by Crippen LogP contribution is -2.41. The summed E-state index contributed by atoms with van der Waals surface area (Å²) in [7, 11) is 0. The molecule has 26 heavy (non-hydrogen) atoms. The fourth-order valence-electron chi connectivity index (χ4n) is 4.06. The number of aromatic nitrogens is 2. The number of fused-ring (bicyclic) bond motifs is 1. The van der Waals surface area contributed by atoms with Gasteiger partial charge in [-0.15, -0.1) is 5.59 Å². The Labute approximate surface area is 153 Å². The second kappa shape index (κ2) is 8.29. The fourth-order valence-corrected chi connectivity index (χ4v) is 4.06. The molecule has 5 nitrogen and oxygen atoms in total. The van der Waals surface area contributed by atoms with E-state index in [1.165, 1.54) is 68.3 Å². The first-order valence-corrected chi connectivity index (χ1v) is 9.79. The van der Waals surface area contributed by atoms with Crippen LogP contribution in [-0.4, -0.2) is 15.8 Å². The molecule has 4 rings (SSSR count). The van der Waals surface area contributed by atoms with E-state index in [-0.39, 0.29) is 5.82 Å². The van der Waals surface area contributed by atoms with Crippen molar-refractivity contribution < 1.29 is 9.23 Å². The van der Waals surface area contributed by atoms with Crippen LogP contribution in [-0.2, 0) is 24.3 Å². The summed E-state index contributed by atoms with van der Waals surface area (Å²) in [6.45, 7) is 0.427. The van der Waals surface area contributed by atoms with E-state index in [0.717, 1.165) is 24.2 Å². The zero-order valence-corrected chi connectivity index (χ0v) is 15.1. The third kappa shape index (κ3) is 3.98. The van der Waals surface area contributed by atoms with Crippen molar-refractivity contribution in [3.05, 3.63) is 47.0 Å². The third-order valence-electron chi connectivity index (χ3n) is 5.48. The summed E-state index contributed by atoms with van der Waals surface area (Å²) in [5.41, 5.74) is 10.6. The highest BCUT2D eigenvalue weighted by Crippen LogP contribution is 2.27. The van der Waals surface area contributed by atoms with E-state index in [2.05, 4.69) is 11.0 Å². The number of benzene rings is 1. The zero-order valence-electron chi connectivity index (χ0n) is 15.1. The summed E-state index contributed by atoms with van der Waals surface area (Å²) in [6, 6.07) is 7.03. The quantitative estimate of drug-likeness (QED) is 0.610. The van der Waals surface area contributed by atoms with Crippen molar-refractivity contribution in [1.82, 2.24) is 20.8 Å². The molecule has 1 aromatic heterocycles. The number of halogens is 1. The molecule has 0 saturated heterocycles. The van der Waals surface area contributed by atoms with Gasteiger partial charge in [0.1, 0.15) is 12.4 Å². The molecule has 2 aliphatic rings. The SMILES string of the molecule is Fc1ccc(-n2nc(CONNC3CCCCC3)c3c2CCCC3)cc1. The largest absolute Gasteiger partial charge is 0.281 e. The Bertz CT molecular complexity index is 722. The molecule has 0 unspecified atom stereocenters. The number of hydrogen-bond donors (Lipinski definition) is 2. The number of hydrazine groups is 1. The molecule has 2 aliphatic carbocycles. The second-order valence-corrected chi connectivity index (χ2v) is 7.34. The van der Waals surface area contributed by atoms with Gasteiger partial charge >= 0.3 is 0 Å². The minimum absolute atomic E-state index is 0.226. The zero-order chi connectivity index (χ0) is 17.8. The van der Waals surface area contributed by atoms with Gasteiger partial charge < -0.3 is 0 Å². The minimum Gasteiger partial charge on any atom is -0.281 e. The van der Waals surface area contributed by atoms with E-state index in [9.17, 15) is 4.39 Å². The molecule has 140 valence electrons. The maximum absolute atomic E-state index is 13.2. The van der Waals surface area contributed by atoms with Crippen molar-refractivity contribution in [1.29, 1.82) is 0 Å². The number of nitrogens with zero attached hydrogens (tertiary/aromatic N) is 2. The lowest BCUT2D eigenvalue weighted by molar-refractivity contribution is -0.0149. The monoisotopic (exact) mass is 358 g/mol. The third-order valence-corrected chi connectivity index (χ3v) is 5.48. The Hall–Kier alpha value is -1.76. The molecule has 1 fully saturated rings. The van der Waals surface area contributed by atoms with E-state index < -0.39 is 0 Å². The van der Waals surface area contributed by atoms with Gasteiger partial charge in [0.25, 0.3) is 0 Å². The van der Waals surface area contributed by atoms with Crippen LogP contribution in [0.15, 0.2) is 24.3 Å². The molecular formula is C20H27FN4O. The van der Waals surface area contributed by atoms with Gasteiger partial charge in [-0.25, -0.2) is 14.5 Å². The van der Waals surface area contributed by atoms with Crippen molar-refractivity contribution in [2.75, 3.05) is 0 Å². The van der Waals surface area contributed by atoms with Gasteiger partial charge in [0.05, 0.1) is 11.4 Å². The maximum atomic E-state index is 13.2. The Kier molecular flexibility index (Phi) is 5.62. The lowest BCUT2D eigenvalue weighted by Gasteiger charge is -2.22. The van der Waals surface area contributed by atoms with E-state index in [4.69, 9.17) is 9.94 Å². The van der Waals surface area contributed by atoms with Crippen LogP contribution in [0, 0.1) is 5.82 Å². The molecule has 2 N–H and O–H groups in total. The lowest BCUT2D eigenvalue weighted by atomic mass is 9.96. The summed E-state index contributed by atoms with van der Waals surface area (Å²) >= 11 is 0. The van der Waals surface area contributed by atoms with Gasteiger partial charge in [-0.2, -0.15) is 5.10 Å². The molecule has 1 aromatic carbocycles. The topological polar surface area (TPSA) is 51.1 Å². The van der Waals surface area contributed by atoms with Crippen LogP contribution in [0.2, 0.25) is 0 Å². The van der Waals surface area contributed by atoms with Gasteiger partial charge in [0, 0.05) is 11.7 Å². The van der Waals surface area contributed by atoms with Crippen molar-refractivity contribution in [3.63, 3.8) is 0 Å². The highest BCUT2D eigenvalue weighted by atomic mass is 19.1. The molecule has 1 heterocycles. The average Bonchev–Trinajstić information content (AvgIpc) is 3.06. The van der Waals surface area contributed by atoms with Gasteiger partial charge in [-0.1, -0.05) is 19.3 Å². The highest BCUT2D eigenvalue weighted by Gasteiger charge is 2.22. The van der Waals surface area contributed by atoms with Crippen molar-refractivity contribution in [2.24, 2.45) is 0 Å². The van der Waals surface area contributed by atoms with Crippen LogP contribution in [0.25, 0.3) is 5.69 Å². The summed E-state index contributed by atoms with van der Waals surface area (Å²) < 4.78 is 15.2. The standard InChI is InChI=1S/C20H27FN4O/c21-15-10-12-17(13-11-15)25-20-9-5-4-8-18(20)19(23-25)14-26-24-22-16-6-2-1-3-7-16/h10-13,16,22,24H,1-9,14H2. The maximum Gasteiger partial charge on any atom is 0.123 e. The average molecular weight is 358 g/mol. The fraction of sp³-hybridized carbons (Fsp3) is 0.550. The molecule has 0 aliphatic heterocycles. The molecule has 6 heteroatoms. The first-order chi connectivity index (χ1) is 12.8. The summed E-state index contributed by atoms with van der Waals surface area (Å²) in [6.07, 6.45) is 10.7. The van der Waals surface area contributed by atoms with Gasteiger partial charge in [0.15, 0.2) is 0 Å². The smallest absolute Gasteiger partial charge is 0.123 e. The van der Waals surface area contributed by atoms with Crippen LogP contribution in [0.5, 0.6) is 0 Å². The number of hydrogen-bond acceptors (Lipinski definition) is 4. The van der Waals surface area contributed by atoms with Crippen LogP contribution in [0.1, 0.15) is 61.9 Å². The Morgan fingerprint density at radius 2 is 1.81 bits per heavy atom. The van der Waals surface area contributed by atoms with Crippen molar-refractivity contribution in [2.45, 2.75) is 70.4 Å². The molecule has 0 spiro atoms. The Morgan fingerprint density at radius 1 is 1.04 bits per heavy atom. The molecule has 0 amide bonds. The van der Waals surface area contributed by atoms with E-state index >= 15 is 0 Å². The molecule has 0 bridgehead atoms. The molecule has 0 radical (unpaired) electrons. The molecule has 2 aromatic rings. The van der Waals surface area contributed by atoms with Crippen LogP contribution < -0.4 is 11.0 Å². The predicted octanol–water partition coefficient (Wildman–Crippen LogP) is 3.75. The van der Waals surface area contributed by atoms with Crippen LogP contribution in [0.4, 0.5) is 4.39 Å². The van der Waals surface area contributed by atoms with Gasteiger partial charge in [-0.05, 0) is 68.4 Å². The van der Waals surface area contributed by atoms with E-state index in [0.29, 0.717) is 12.6 Å². The molecule has 1 saturated carbocycles. The van der Waals surface area contributed by atoms with Gasteiger partial charge in [-0.3, -0.25) is 4.84 Å². The van der Waals surface area contributed by atoms with E-state index in [1.807, 2.05) is 4.68 Å². The molecular weight excluding hydrogens is 331 g/mol. The molecule has 0 atom stereocenters. The van der Waals surface area contributed by atoms with Gasteiger partial charge in [0.2, 0.25) is 0 Å². The summed E-state index contributed by atoms with van der Waals surface area (Å²) in [4.78, 5) is 5.66. The van der Waals surface area contributed by atoms with E-state index in [1.54, 1.807) is 12.1 Å².